The highest BCUT2D eigenvalue weighted by Gasteiger charge is 2.32. The number of hydrogen-bond donors (Lipinski definition) is 0. The fourth-order valence-electron chi connectivity index (χ4n) is 3.79. The summed E-state index contributed by atoms with van der Waals surface area (Å²) in [5.41, 5.74) is 3.07. The van der Waals surface area contributed by atoms with Crippen molar-refractivity contribution in [1.29, 1.82) is 0 Å². The highest BCUT2D eigenvalue weighted by atomic mass is 35.5. The Morgan fingerprint density at radius 1 is 1.33 bits per heavy atom. The molecule has 4 heterocycles. The van der Waals surface area contributed by atoms with Gasteiger partial charge in [-0.3, -0.25) is 9.67 Å². The van der Waals surface area contributed by atoms with Crippen LogP contribution in [0.15, 0.2) is 29.9 Å². The van der Waals surface area contributed by atoms with E-state index in [0.29, 0.717) is 5.92 Å². The lowest BCUT2D eigenvalue weighted by Crippen LogP contribution is -2.24. The van der Waals surface area contributed by atoms with Crippen LogP contribution >= 0.6 is 22.9 Å². The summed E-state index contributed by atoms with van der Waals surface area (Å²) in [6.07, 6.45) is 5.86. The molecule has 1 unspecified atom stereocenters. The lowest BCUT2D eigenvalue weighted by atomic mass is 10.1. The number of aromatic nitrogens is 4. The van der Waals surface area contributed by atoms with Gasteiger partial charge < -0.3 is 4.90 Å². The number of anilines is 1. The molecule has 4 rings (SSSR count). The van der Waals surface area contributed by atoms with Gasteiger partial charge >= 0.3 is 0 Å². The van der Waals surface area contributed by atoms with Crippen molar-refractivity contribution in [1.82, 2.24) is 19.7 Å². The Kier molecular flexibility index (Phi) is 5.19. The van der Waals surface area contributed by atoms with Gasteiger partial charge in [-0.25, -0.2) is 4.98 Å². The van der Waals surface area contributed by atoms with Crippen LogP contribution in [0, 0.1) is 12.8 Å². The lowest BCUT2D eigenvalue weighted by molar-refractivity contribution is 0.481. The van der Waals surface area contributed by atoms with E-state index < -0.39 is 0 Å². The van der Waals surface area contributed by atoms with Gasteiger partial charge in [0.25, 0.3) is 0 Å². The fraction of sp³-hybridized carbons (Fsp3) is 0.450. The second-order valence-electron chi connectivity index (χ2n) is 7.46. The minimum atomic E-state index is 0.200. The zero-order valence-corrected chi connectivity index (χ0v) is 17.5. The van der Waals surface area contributed by atoms with E-state index in [1.807, 2.05) is 23.1 Å². The van der Waals surface area contributed by atoms with E-state index in [1.165, 1.54) is 0 Å². The van der Waals surface area contributed by atoms with E-state index in [2.05, 4.69) is 42.1 Å². The van der Waals surface area contributed by atoms with Gasteiger partial charge in [-0.05, 0) is 37.1 Å². The number of thiophene rings is 1. The summed E-state index contributed by atoms with van der Waals surface area (Å²) in [4.78, 5) is 12.8. The zero-order chi connectivity index (χ0) is 19.0. The number of hydrogen-bond acceptors (Lipinski definition) is 5. The molecule has 27 heavy (non-hydrogen) atoms. The maximum Gasteiger partial charge on any atom is 0.148 e. The molecule has 7 heteroatoms. The molecule has 3 aromatic rings. The Morgan fingerprint density at radius 3 is 2.93 bits per heavy atom. The van der Waals surface area contributed by atoms with Crippen LogP contribution in [0.1, 0.15) is 44.0 Å². The first kappa shape index (κ1) is 18.4. The predicted molar refractivity (Wildman–Crippen MR) is 111 cm³/mol. The molecule has 0 aromatic carbocycles. The highest BCUT2D eigenvalue weighted by Crippen LogP contribution is 2.40. The second kappa shape index (κ2) is 7.60. The molecule has 0 saturated carbocycles. The number of nitrogens with zero attached hydrogens (tertiary/aromatic N) is 5. The standard InChI is InChI=1S/C20H24ClN5S/c1-13(2)12-26-20(21)19(14(3)24-26)16-6-4-8-25(16)18-11-22-10-15(23-18)17-7-5-9-27-17/h5,7,9-11,13,16H,4,6,8,12H2,1-3H3. The van der Waals surface area contributed by atoms with E-state index in [9.17, 15) is 0 Å². The minimum absolute atomic E-state index is 0.200. The van der Waals surface area contributed by atoms with Crippen molar-refractivity contribution in [3.8, 4) is 10.6 Å². The monoisotopic (exact) mass is 401 g/mol. The van der Waals surface area contributed by atoms with E-state index in [4.69, 9.17) is 21.7 Å². The number of halogens is 1. The molecule has 1 aliphatic rings. The molecular weight excluding hydrogens is 378 g/mol. The average Bonchev–Trinajstić information content (AvgIpc) is 3.37. The molecule has 3 aromatic heterocycles. The molecule has 1 saturated heterocycles. The maximum absolute atomic E-state index is 6.76. The van der Waals surface area contributed by atoms with Crippen LogP contribution in [0.5, 0.6) is 0 Å². The van der Waals surface area contributed by atoms with Gasteiger partial charge in [0, 0.05) is 18.7 Å². The molecule has 0 amide bonds. The van der Waals surface area contributed by atoms with Crippen molar-refractivity contribution >= 4 is 28.8 Å². The Morgan fingerprint density at radius 2 is 2.19 bits per heavy atom. The molecule has 1 atom stereocenters. The van der Waals surface area contributed by atoms with Crippen molar-refractivity contribution < 1.29 is 0 Å². The second-order valence-corrected chi connectivity index (χ2v) is 8.76. The third-order valence-electron chi connectivity index (χ3n) is 4.92. The van der Waals surface area contributed by atoms with E-state index in [0.717, 1.165) is 58.7 Å². The SMILES string of the molecule is Cc1nn(CC(C)C)c(Cl)c1C1CCCN1c1cncc(-c2cccs2)n1. The largest absolute Gasteiger partial charge is 0.348 e. The van der Waals surface area contributed by atoms with Gasteiger partial charge in [-0.15, -0.1) is 11.3 Å². The molecule has 5 nitrogen and oxygen atoms in total. The molecule has 1 aliphatic heterocycles. The lowest BCUT2D eigenvalue weighted by Gasteiger charge is -2.26. The highest BCUT2D eigenvalue weighted by molar-refractivity contribution is 7.13. The molecule has 1 fully saturated rings. The summed E-state index contributed by atoms with van der Waals surface area (Å²) < 4.78 is 1.95. The Balaban J connectivity index is 1.68. The van der Waals surface area contributed by atoms with Crippen molar-refractivity contribution in [3.05, 3.63) is 46.3 Å². The van der Waals surface area contributed by atoms with Crippen LogP contribution in [-0.4, -0.2) is 26.3 Å². The van der Waals surface area contributed by atoms with Crippen molar-refractivity contribution in [2.24, 2.45) is 5.92 Å². The van der Waals surface area contributed by atoms with E-state index in [-0.39, 0.29) is 6.04 Å². The summed E-state index contributed by atoms with van der Waals surface area (Å²) in [6.45, 7) is 8.21. The molecule has 142 valence electrons. The average molecular weight is 402 g/mol. The van der Waals surface area contributed by atoms with Crippen LogP contribution in [0.2, 0.25) is 5.15 Å². The molecule has 0 spiro atoms. The molecular formula is C20H24ClN5S. The van der Waals surface area contributed by atoms with Gasteiger partial charge in [0.1, 0.15) is 16.7 Å². The van der Waals surface area contributed by atoms with Crippen LogP contribution in [0.4, 0.5) is 5.82 Å². The van der Waals surface area contributed by atoms with Gasteiger partial charge in [0.15, 0.2) is 0 Å². The first-order valence-corrected chi connectivity index (χ1v) is 10.7. The van der Waals surface area contributed by atoms with Gasteiger partial charge in [-0.2, -0.15) is 5.10 Å². The van der Waals surface area contributed by atoms with Gasteiger partial charge in [0.2, 0.25) is 0 Å². The van der Waals surface area contributed by atoms with Crippen LogP contribution in [0.25, 0.3) is 10.6 Å². The molecule has 0 bridgehead atoms. The summed E-state index contributed by atoms with van der Waals surface area (Å²) in [6, 6.07) is 4.32. The Bertz CT molecular complexity index is 919. The molecule has 0 radical (unpaired) electrons. The molecule has 0 N–H and O–H groups in total. The van der Waals surface area contributed by atoms with Gasteiger partial charge in [-0.1, -0.05) is 31.5 Å². The topological polar surface area (TPSA) is 46.8 Å². The first-order valence-electron chi connectivity index (χ1n) is 9.40. The summed E-state index contributed by atoms with van der Waals surface area (Å²) in [5, 5.41) is 7.53. The molecule has 0 aliphatic carbocycles. The Labute approximate surface area is 169 Å². The van der Waals surface area contributed by atoms with E-state index >= 15 is 0 Å². The third kappa shape index (κ3) is 3.60. The zero-order valence-electron chi connectivity index (χ0n) is 15.9. The van der Waals surface area contributed by atoms with Crippen LogP contribution in [0.3, 0.4) is 0 Å². The van der Waals surface area contributed by atoms with Crippen LogP contribution < -0.4 is 4.90 Å². The number of rotatable bonds is 5. The first-order chi connectivity index (χ1) is 13.0. The van der Waals surface area contributed by atoms with Crippen molar-refractivity contribution in [3.63, 3.8) is 0 Å². The van der Waals surface area contributed by atoms with Crippen molar-refractivity contribution in [2.45, 2.75) is 46.2 Å². The summed E-state index contributed by atoms with van der Waals surface area (Å²) in [7, 11) is 0. The fourth-order valence-corrected chi connectivity index (χ4v) is 4.84. The normalized spacial score (nSPS) is 17.2. The summed E-state index contributed by atoms with van der Waals surface area (Å²) >= 11 is 8.44. The predicted octanol–water partition coefficient (Wildman–Crippen LogP) is 5.36. The smallest absolute Gasteiger partial charge is 0.148 e. The number of aryl methyl sites for hydroxylation is 1. The van der Waals surface area contributed by atoms with Crippen LogP contribution in [-0.2, 0) is 6.54 Å². The maximum atomic E-state index is 6.76. The summed E-state index contributed by atoms with van der Waals surface area (Å²) in [5.74, 6) is 1.41. The van der Waals surface area contributed by atoms with Gasteiger partial charge in [0.05, 0.1) is 29.0 Å². The minimum Gasteiger partial charge on any atom is -0.348 e. The van der Waals surface area contributed by atoms with Crippen molar-refractivity contribution in [2.75, 3.05) is 11.4 Å². The Hall–Kier alpha value is -1.92. The quantitative estimate of drug-likeness (QED) is 0.577. The van der Waals surface area contributed by atoms with E-state index in [1.54, 1.807) is 11.3 Å². The third-order valence-corrected chi connectivity index (χ3v) is 6.21.